The van der Waals surface area contributed by atoms with Gasteiger partial charge in [0.1, 0.15) is 5.82 Å². The molecule has 0 amide bonds. The maximum absolute atomic E-state index is 14.0. The lowest BCUT2D eigenvalue weighted by molar-refractivity contribution is -0.143. The Morgan fingerprint density at radius 2 is 1.62 bits per heavy atom. The summed E-state index contributed by atoms with van der Waals surface area (Å²) in [5.74, 6) is -1.30. The van der Waals surface area contributed by atoms with E-state index in [1.165, 1.54) is 24.3 Å². The van der Waals surface area contributed by atoms with Crippen LogP contribution in [-0.2, 0) is 16.4 Å². The number of alkyl halides is 3. The second-order valence-electron chi connectivity index (χ2n) is 12.0. The van der Waals surface area contributed by atoms with Crippen LogP contribution in [0.25, 0.3) is 11.1 Å². The van der Waals surface area contributed by atoms with Gasteiger partial charge in [0.15, 0.2) is 0 Å². The molecule has 0 saturated carbocycles. The summed E-state index contributed by atoms with van der Waals surface area (Å²) < 4.78 is 54.1. The first kappa shape index (κ1) is 29.8. The van der Waals surface area contributed by atoms with Gasteiger partial charge in [-0.2, -0.15) is 13.2 Å². The molecule has 7 heteroatoms. The number of halogens is 4. The lowest BCUT2D eigenvalue weighted by Crippen LogP contribution is -2.42. The molecule has 0 aromatic heterocycles. The third-order valence-electron chi connectivity index (χ3n) is 8.21. The second-order valence-corrected chi connectivity index (χ2v) is 12.0. The Morgan fingerprint density at radius 1 is 1.00 bits per heavy atom. The minimum absolute atomic E-state index is 0.0496. The van der Waals surface area contributed by atoms with Crippen LogP contribution in [0.15, 0.2) is 66.7 Å². The maximum atomic E-state index is 14.0. The van der Waals surface area contributed by atoms with Crippen molar-refractivity contribution in [1.82, 2.24) is 4.90 Å². The second kappa shape index (κ2) is 11.4. The lowest BCUT2D eigenvalue weighted by Gasteiger charge is -2.43. The molecule has 0 bridgehead atoms. The molecule has 4 rings (SSSR count). The Bertz CT molecular complexity index is 1330. The smallest absolute Gasteiger partial charge is 0.416 e. The SMILES string of the molecule is CCCC(C)(C(=O)O)c1ccc(C(c2ccc(F)cc2)N2CCCC(C)(C)C2)c(-c2ccc(C(F)(F)F)cc2)c1. The van der Waals surface area contributed by atoms with Gasteiger partial charge in [-0.05, 0) is 96.3 Å². The van der Waals surface area contributed by atoms with Gasteiger partial charge in [0, 0.05) is 6.54 Å². The Balaban J connectivity index is 1.96. The number of carboxylic acids is 1. The monoisotopic (exact) mass is 555 g/mol. The summed E-state index contributed by atoms with van der Waals surface area (Å²) in [6.45, 7) is 9.63. The molecule has 1 fully saturated rings. The fourth-order valence-corrected chi connectivity index (χ4v) is 6.02. The van der Waals surface area contributed by atoms with Gasteiger partial charge in [-0.3, -0.25) is 9.69 Å². The quantitative estimate of drug-likeness (QED) is 0.282. The zero-order valence-electron chi connectivity index (χ0n) is 23.5. The highest BCUT2D eigenvalue weighted by Crippen LogP contribution is 2.43. The number of aliphatic carboxylic acids is 1. The highest BCUT2D eigenvalue weighted by molar-refractivity contribution is 5.82. The van der Waals surface area contributed by atoms with Crippen molar-refractivity contribution in [2.45, 2.75) is 71.0 Å². The minimum Gasteiger partial charge on any atom is -0.481 e. The molecule has 2 unspecified atom stereocenters. The standard InChI is InChI=1S/C33H37F4NO2/c1-5-17-32(4,30(39)40)25-13-16-27(28(20-25)22-7-11-24(12-8-22)33(35,36)37)29(23-9-14-26(34)15-10-23)38-19-6-18-31(2,3)21-38/h7-16,20,29H,5-6,17-19,21H2,1-4H3,(H,39,40). The molecule has 214 valence electrons. The first-order valence-electron chi connectivity index (χ1n) is 13.8. The van der Waals surface area contributed by atoms with Crippen LogP contribution in [0.1, 0.15) is 81.7 Å². The zero-order valence-corrected chi connectivity index (χ0v) is 23.5. The average Bonchev–Trinajstić information content (AvgIpc) is 2.89. The van der Waals surface area contributed by atoms with Gasteiger partial charge in [0.2, 0.25) is 0 Å². The first-order chi connectivity index (χ1) is 18.7. The number of hydrogen-bond acceptors (Lipinski definition) is 2. The van der Waals surface area contributed by atoms with E-state index in [2.05, 4.69) is 18.7 Å². The molecule has 3 aromatic carbocycles. The molecule has 3 nitrogen and oxygen atoms in total. The van der Waals surface area contributed by atoms with Crippen LogP contribution >= 0.6 is 0 Å². The molecule has 3 aromatic rings. The fourth-order valence-electron chi connectivity index (χ4n) is 6.02. The summed E-state index contributed by atoms with van der Waals surface area (Å²) in [5, 5.41) is 10.2. The van der Waals surface area contributed by atoms with Crippen LogP contribution in [0.5, 0.6) is 0 Å². The van der Waals surface area contributed by atoms with Gasteiger partial charge in [-0.1, -0.05) is 63.6 Å². The third-order valence-corrected chi connectivity index (χ3v) is 8.21. The predicted octanol–water partition coefficient (Wildman–Crippen LogP) is 8.87. The van der Waals surface area contributed by atoms with Gasteiger partial charge in [-0.25, -0.2) is 4.39 Å². The van der Waals surface area contributed by atoms with Crippen LogP contribution < -0.4 is 0 Å². The van der Waals surface area contributed by atoms with Crippen molar-refractivity contribution in [3.8, 4) is 11.1 Å². The molecule has 2 atom stereocenters. The molecule has 0 spiro atoms. The number of rotatable bonds is 8. The molecule has 40 heavy (non-hydrogen) atoms. The number of benzene rings is 3. The van der Waals surface area contributed by atoms with E-state index in [1.54, 1.807) is 19.1 Å². The largest absolute Gasteiger partial charge is 0.481 e. The molecule has 0 radical (unpaired) electrons. The summed E-state index contributed by atoms with van der Waals surface area (Å²) in [6, 6.07) is 16.6. The Morgan fingerprint density at radius 3 is 2.17 bits per heavy atom. The predicted molar refractivity (Wildman–Crippen MR) is 150 cm³/mol. The first-order valence-corrected chi connectivity index (χ1v) is 13.8. The maximum Gasteiger partial charge on any atom is 0.416 e. The van der Waals surface area contributed by atoms with E-state index >= 15 is 0 Å². The summed E-state index contributed by atoms with van der Waals surface area (Å²) in [6.07, 6.45) is -1.36. The van der Waals surface area contributed by atoms with Crippen molar-refractivity contribution < 1.29 is 27.5 Å². The zero-order chi connectivity index (χ0) is 29.3. The van der Waals surface area contributed by atoms with Crippen LogP contribution in [0, 0.1) is 11.2 Å². The van der Waals surface area contributed by atoms with E-state index in [0.717, 1.165) is 49.2 Å². The number of carbonyl (C=O) groups is 1. The van der Waals surface area contributed by atoms with E-state index in [-0.39, 0.29) is 17.3 Å². The van der Waals surface area contributed by atoms with Gasteiger partial charge in [0.05, 0.1) is 17.0 Å². The molecular formula is C33H37F4NO2. The molecule has 1 aliphatic rings. The van der Waals surface area contributed by atoms with Crippen molar-refractivity contribution in [3.05, 3.63) is 94.8 Å². The van der Waals surface area contributed by atoms with E-state index in [4.69, 9.17) is 0 Å². The normalized spacial score (nSPS) is 18.2. The topological polar surface area (TPSA) is 40.5 Å². The van der Waals surface area contributed by atoms with Crippen LogP contribution in [0.3, 0.4) is 0 Å². The van der Waals surface area contributed by atoms with E-state index in [9.17, 15) is 27.5 Å². The number of piperidine rings is 1. The molecular weight excluding hydrogens is 518 g/mol. The van der Waals surface area contributed by atoms with Crippen molar-refractivity contribution in [1.29, 1.82) is 0 Å². The minimum atomic E-state index is -4.47. The van der Waals surface area contributed by atoms with Crippen molar-refractivity contribution in [3.63, 3.8) is 0 Å². The summed E-state index contributed by atoms with van der Waals surface area (Å²) >= 11 is 0. The van der Waals surface area contributed by atoms with Gasteiger partial charge in [-0.15, -0.1) is 0 Å². The number of hydrogen-bond donors (Lipinski definition) is 1. The van der Waals surface area contributed by atoms with E-state index in [1.807, 2.05) is 25.1 Å². The lowest BCUT2D eigenvalue weighted by atomic mass is 9.76. The van der Waals surface area contributed by atoms with E-state index in [0.29, 0.717) is 29.5 Å². The summed E-state index contributed by atoms with van der Waals surface area (Å²) in [5.41, 5.74) is 1.69. The Hall–Kier alpha value is -3.19. The molecule has 0 aliphatic carbocycles. The molecule has 1 N–H and O–H groups in total. The molecule has 1 aliphatic heterocycles. The van der Waals surface area contributed by atoms with E-state index < -0.39 is 23.1 Å². The average molecular weight is 556 g/mol. The molecule has 1 heterocycles. The fraction of sp³-hybridized carbons (Fsp3) is 0.424. The third kappa shape index (κ3) is 6.25. The highest BCUT2D eigenvalue weighted by Gasteiger charge is 2.37. The van der Waals surface area contributed by atoms with Gasteiger partial charge < -0.3 is 5.11 Å². The Labute approximate surface area is 233 Å². The summed E-state index contributed by atoms with van der Waals surface area (Å²) in [7, 11) is 0. The molecule has 1 saturated heterocycles. The number of carboxylic acid groups (broad SMARTS) is 1. The van der Waals surface area contributed by atoms with Crippen LogP contribution in [-0.4, -0.2) is 29.1 Å². The number of nitrogens with zero attached hydrogens (tertiary/aromatic N) is 1. The highest BCUT2D eigenvalue weighted by atomic mass is 19.4. The Kier molecular flexibility index (Phi) is 8.46. The van der Waals surface area contributed by atoms with Crippen molar-refractivity contribution >= 4 is 5.97 Å². The van der Waals surface area contributed by atoms with Gasteiger partial charge >= 0.3 is 12.1 Å². The van der Waals surface area contributed by atoms with Crippen LogP contribution in [0.4, 0.5) is 17.6 Å². The number of likely N-dealkylation sites (tertiary alicyclic amines) is 1. The van der Waals surface area contributed by atoms with Crippen molar-refractivity contribution in [2.75, 3.05) is 13.1 Å². The van der Waals surface area contributed by atoms with Crippen molar-refractivity contribution in [2.24, 2.45) is 5.41 Å². The van der Waals surface area contributed by atoms with Crippen LogP contribution in [0.2, 0.25) is 0 Å². The van der Waals surface area contributed by atoms with Gasteiger partial charge in [0.25, 0.3) is 0 Å². The summed E-state index contributed by atoms with van der Waals surface area (Å²) in [4.78, 5) is 14.8.